The third-order valence-electron chi connectivity index (χ3n) is 2.54. The minimum atomic E-state index is 0.285. The number of hydrogen-bond acceptors (Lipinski definition) is 4. The van der Waals surface area contributed by atoms with E-state index >= 15 is 0 Å². The molecule has 4 nitrogen and oxygen atoms in total. The molecule has 0 aliphatic rings. The van der Waals surface area contributed by atoms with Crippen molar-refractivity contribution in [2.75, 3.05) is 0 Å². The van der Waals surface area contributed by atoms with Crippen LogP contribution >= 0.6 is 11.3 Å². The first kappa shape index (κ1) is 11.3. The molecular weight excluding hydrogens is 220 g/mol. The number of nitrogens with zero attached hydrogens (tertiary/aromatic N) is 2. The molecule has 2 N–H and O–H groups in total. The van der Waals surface area contributed by atoms with Crippen molar-refractivity contribution in [1.29, 1.82) is 0 Å². The van der Waals surface area contributed by atoms with E-state index in [-0.39, 0.29) is 6.04 Å². The smallest absolute Gasteiger partial charge is 0.110 e. The lowest BCUT2D eigenvalue weighted by atomic mass is 10.2. The van der Waals surface area contributed by atoms with Crippen LogP contribution in [0, 0.1) is 13.8 Å². The molecule has 0 saturated carbocycles. The highest BCUT2D eigenvalue weighted by atomic mass is 32.1. The first-order valence-electron chi connectivity index (χ1n) is 5.31. The standard InChI is InChI=1S/C11H16N4S/c1-7-6-16-11(14-7)9(3)12-4-10-5-13-15-8(10)2/h5-6,9,12H,4H2,1-3H3,(H,13,15). The summed E-state index contributed by atoms with van der Waals surface area (Å²) < 4.78 is 0. The van der Waals surface area contributed by atoms with Crippen molar-refractivity contribution in [2.24, 2.45) is 0 Å². The molecule has 0 fully saturated rings. The lowest BCUT2D eigenvalue weighted by molar-refractivity contribution is 0.570. The van der Waals surface area contributed by atoms with E-state index in [4.69, 9.17) is 0 Å². The summed E-state index contributed by atoms with van der Waals surface area (Å²) in [6.45, 7) is 7.00. The molecule has 0 aliphatic carbocycles. The second-order valence-electron chi connectivity index (χ2n) is 3.95. The summed E-state index contributed by atoms with van der Waals surface area (Å²) in [4.78, 5) is 4.47. The second kappa shape index (κ2) is 4.76. The summed E-state index contributed by atoms with van der Waals surface area (Å²) in [5, 5.41) is 13.6. The molecule has 0 bridgehead atoms. The Morgan fingerprint density at radius 3 is 2.88 bits per heavy atom. The van der Waals surface area contributed by atoms with Gasteiger partial charge in [-0.2, -0.15) is 5.10 Å². The normalized spacial score (nSPS) is 12.9. The second-order valence-corrected chi connectivity index (χ2v) is 4.84. The Balaban J connectivity index is 1.93. The number of thiazole rings is 1. The number of rotatable bonds is 4. The van der Waals surface area contributed by atoms with E-state index in [2.05, 4.69) is 32.8 Å². The van der Waals surface area contributed by atoms with Gasteiger partial charge in [0.05, 0.1) is 12.2 Å². The molecule has 16 heavy (non-hydrogen) atoms. The first-order chi connectivity index (χ1) is 7.66. The van der Waals surface area contributed by atoms with Crippen LogP contribution in [0.1, 0.15) is 34.9 Å². The van der Waals surface area contributed by atoms with E-state index < -0.39 is 0 Å². The maximum absolute atomic E-state index is 4.47. The van der Waals surface area contributed by atoms with Crippen LogP contribution in [0.25, 0.3) is 0 Å². The zero-order valence-corrected chi connectivity index (χ0v) is 10.6. The van der Waals surface area contributed by atoms with Gasteiger partial charge in [-0.25, -0.2) is 4.98 Å². The van der Waals surface area contributed by atoms with Gasteiger partial charge in [-0.3, -0.25) is 5.10 Å². The van der Waals surface area contributed by atoms with Crippen molar-refractivity contribution >= 4 is 11.3 Å². The molecule has 0 saturated heterocycles. The third-order valence-corrected chi connectivity index (χ3v) is 3.69. The van der Waals surface area contributed by atoms with Gasteiger partial charge in [-0.15, -0.1) is 11.3 Å². The van der Waals surface area contributed by atoms with Crippen LogP contribution in [-0.2, 0) is 6.54 Å². The Morgan fingerprint density at radius 1 is 1.50 bits per heavy atom. The van der Waals surface area contributed by atoms with Crippen molar-refractivity contribution < 1.29 is 0 Å². The molecule has 0 aromatic carbocycles. The van der Waals surface area contributed by atoms with Crippen molar-refractivity contribution in [2.45, 2.75) is 33.4 Å². The Bertz CT molecular complexity index is 460. The molecule has 86 valence electrons. The molecule has 2 heterocycles. The van der Waals surface area contributed by atoms with Gasteiger partial charge in [0, 0.05) is 28.9 Å². The van der Waals surface area contributed by atoms with Gasteiger partial charge in [0.2, 0.25) is 0 Å². The van der Waals surface area contributed by atoms with Crippen LogP contribution < -0.4 is 5.32 Å². The van der Waals surface area contributed by atoms with E-state index in [1.54, 1.807) is 11.3 Å². The maximum Gasteiger partial charge on any atom is 0.110 e. The Kier molecular flexibility index (Phi) is 3.36. The molecule has 2 aromatic rings. The minimum absolute atomic E-state index is 0.285. The summed E-state index contributed by atoms with van der Waals surface area (Å²) >= 11 is 1.70. The van der Waals surface area contributed by atoms with Gasteiger partial charge >= 0.3 is 0 Å². The number of nitrogens with one attached hydrogen (secondary N) is 2. The number of H-pyrrole nitrogens is 1. The summed E-state index contributed by atoms with van der Waals surface area (Å²) in [5.41, 5.74) is 3.42. The maximum atomic E-state index is 4.47. The Morgan fingerprint density at radius 2 is 2.31 bits per heavy atom. The van der Waals surface area contributed by atoms with Gasteiger partial charge in [-0.1, -0.05) is 0 Å². The van der Waals surface area contributed by atoms with Crippen LogP contribution in [-0.4, -0.2) is 15.2 Å². The number of aromatic nitrogens is 3. The van der Waals surface area contributed by atoms with E-state index in [0.717, 1.165) is 22.9 Å². The quantitative estimate of drug-likeness (QED) is 0.856. The van der Waals surface area contributed by atoms with E-state index in [9.17, 15) is 0 Å². The van der Waals surface area contributed by atoms with Crippen LogP contribution in [0.3, 0.4) is 0 Å². The lowest BCUT2D eigenvalue weighted by Gasteiger charge is -2.10. The summed E-state index contributed by atoms with van der Waals surface area (Å²) in [6.07, 6.45) is 1.86. The highest BCUT2D eigenvalue weighted by molar-refractivity contribution is 7.09. The molecule has 2 aromatic heterocycles. The molecular formula is C11H16N4S. The minimum Gasteiger partial charge on any atom is -0.304 e. The van der Waals surface area contributed by atoms with E-state index in [0.29, 0.717) is 0 Å². The largest absolute Gasteiger partial charge is 0.304 e. The molecule has 1 unspecified atom stereocenters. The SMILES string of the molecule is Cc1csc(C(C)NCc2cn[nH]c2C)n1. The highest BCUT2D eigenvalue weighted by Gasteiger charge is 2.09. The van der Waals surface area contributed by atoms with Crippen LogP contribution in [0.2, 0.25) is 0 Å². The van der Waals surface area contributed by atoms with Gasteiger partial charge in [-0.05, 0) is 20.8 Å². The van der Waals surface area contributed by atoms with E-state index in [1.807, 2.05) is 20.0 Å². The average Bonchev–Trinajstić information content (AvgIpc) is 2.84. The predicted octanol–water partition coefficient (Wildman–Crippen LogP) is 2.33. The first-order valence-corrected chi connectivity index (χ1v) is 6.19. The molecule has 1 atom stereocenters. The number of aryl methyl sites for hydroxylation is 2. The zero-order chi connectivity index (χ0) is 11.5. The fraction of sp³-hybridized carbons (Fsp3) is 0.455. The van der Waals surface area contributed by atoms with Crippen LogP contribution in [0.4, 0.5) is 0 Å². The molecule has 0 radical (unpaired) electrons. The fourth-order valence-electron chi connectivity index (χ4n) is 1.48. The predicted molar refractivity (Wildman–Crippen MR) is 65.4 cm³/mol. The third kappa shape index (κ3) is 2.48. The molecule has 5 heteroatoms. The summed E-state index contributed by atoms with van der Waals surface area (Å²) in [7, 11) is 0. The molecule has 0 spiro atoms. The average molecular weight is 236 g/mol. The van der Waals surface area contributed by atoms with E-state index in [1.165, 1.54) is 5.56 Å². The highest BCUT2D eigenvalue weighted by Crippen LogP contribution is 2.18. The van der Waals surface area contributed by atoms with Crippen molar-refractivity contribution in [3.05, 3.63) is 33.5 Å². The Hall–Kier alpha value is -1.20. The topological polar surface area (TPSA) is 53.6 Å². The van der Waals surface area contributed by atoms with Crippen molar-refractivity contribution in [3.8, 4) is 0 Å². The number of hydrogen-bond donors (Lipinski definition) is 2. The fourth-order valence-corrected chi connectivity index (χ4v) is 2.30. The lowest BCUT2D eigenvalue weighted by Crippen LogP contribution is -2.18. The van der Waals surface area contributed by atoms with Crippen molar-refractivity contribution in [1.82, 2.24) is 20.5 Å². The van der Waals surface area contributed by atoms with Gasteiger partial charge in [0.25, 0.3) is 0 Å². The monoisotopic (exact) mass is 236 g/mol. The van der Waals surface area contributed by atoms with Crippen molar-refractivity contribution in [3.63, 3.8) is 0 Å². The molecule has 0 amide bonds. The summed E-state index contributed by atoms with van der Waals surface area (Å²) in [5.74, 6) is 0. The number of aromatic amines is 1. The molecule has 2 rings (SSSR count). The van der Waals surface area contributed by atoms with Crippen LogP contribution in [0.5, 0.6) is 0 Å². The van der Waals surface area contributed by atoms with Gasteiger partial charge in [0.1, 0.15) is 5.01 Å². The molecule has 0 aliphatic heterocycles. The Labute approximate surface area is 99.1 Å². The van der Waals surface area contributed by atoms with Gasteiger partial charge < -0.3 is 5.32 Å². The van der Waals surface area contributed by atoms with Crippen LogP contribution in [0.15, 0.2) is 11.6 Å². The van der Waals surface area contributed by atoms with Gasteiger partial charge in [0.15, 0.2) is 0 Å². The zero-order valence-electron chi connectivity index (χ0n) is 9.74. The summed E-state index contributed by atoms with van der Waals surface area (Å²) in [6, 6.07) is 0.285.